The maximum atomic E-state index is 12.7. The molecule has 0 saturated heterocycles. The van der Waals surface area contributed by atoms with E-state index in [2.05, 4.69) is 0 Å². The second-order valence-electron chi connectivity index (χ2n) is 5.94. The van der Waals surface area contributed by atoms with Crippen LogP contribution >= 0.6 is 0 Å². The first-order valence-corrected chi connectivity index (χ1v) is 9.38. The molecule has 132 valence electrons. The Balaban J connectivity index is 1.82. The van der Waals surface area contributed by atoms with E-state index in [1.165, 1.54) is 0 Å². The smallest absolute Gasteiger partial charge is 0.445 e. The van der Waals surface area contributed by atoms with E-state index in [9.17, 15) is 18.3 Å². The molecule has 1 N–H and O–H groups in total. The molecule has 2 aromatic carbocycles. The first-order valence-electron chi connectivity index (χ1n) is 7.94. The van der Waals surface area contributed by atoms with Crippen molar-refractivity contribution in [3.63, 3.8) is 0 Å². The molecule has 0 aromatic heterocycles. The number of benzene rings is 2. The Bertz CT molecular complexity index is 851. The maximum Gasteiger partial charge on any atom is 0.445 e. The summed E-state index contributed by atoms with van der Waals surface area (Å²) in [6.07, 6.45) is 0.567. The van der Waals surface area contributed by atoms with Crippen LogP contribution < -0.4 is 4.31 Å². The van der Waals surface area contributed by atoms with Crippen molar-refractivity contribution >= 4 is 21.0 Å². The maximum absolute atomic E-state index is 12.7. The van der Waals surface area contributed by atoms with Crippen LogP contribution in [0.15, 0.2) is 54.6 Å². The monoisotopic (exact) mass is 361 g/mol. The number of nitrogens with zero attached hydrogens (tertiary/aromatic N) is 1. The van der Waals surface area contributed by atoms with Crippen LogP contribution in [0.3, 0.4) is 0 Å². The van der Waals surface area contributed by atoms with Crippen LogP contribution in [0.5, 0.6) is 0 Å². The van der Waals surface area contributed by atoms with E-state index in [0.717, 1.165) is 9.87 Å². The van der Waals surface area contributed by atoms with Crippen LogP contribution in [0.1, 0.15) is 11.1 Å². The highest BCUT2D eigenvalue weighted by atomic mass is 32.2. The van der Waals surface area contributed by atoms with Gasteiger partial charge in [-0.25, -0.2) is 4.79 Å². The highest BCUT2D eigenvalue weighted by Crippen LogP contribution is 2.32. The Morgan fingerprint density at radius 1 is 1.12 bits per heavy atom. The van der Waals surface area contributed by atoms with Crippen LogP contribution in [0.25, 0.3) is 0 Å². The molecule has 0 radical (unpaired) electrons. The van der Waals surface area contributed by atoms with Crippen LogP contribution in [-0.4, -0.2) is 32.0 Å². The van der Waals surface area contributed by atoms with Crippen molar-refractivity contribution in [3.8, 4) is 0 Å². The third-order valence-electron chi connectivity index (χ3n) is 4.15. The van der Waals surface area contributed by atoms with Crippen molar-refractivity contribution in [2.24, 2.45) is 5.92 Å². The van der Waals surface area contributed by atoms with Gasteiger partial charge in [0.25, 0.3) is 0 Å². The van der Waals surface area contributed by atoms with Gasteiger partial charge in [-0.2, -0.15) is 8.42 Å². The van der Waals surface area contributed by atoms with Crippen molar-refractivity contribution in [1.29, 1.82) is 0 Å². The Labute approximate surface area is 146 Å². The number of ether oxygens (including phenoxy) is 1. The largest absolute Gasteiger partial charge is 0.448 e. The summed E-state index contributed by atoms with van der Waals surface area (Å²) in [5.41, 5.74) is 1.95. The van der Waals surface area contributed by atoms with E-state index >= 15 is 0 Å². The zero-order chi connectivity index (χ0) is 17.9. The summed E-state index contributed by atoms with van der Waals surface area (Å²) < 4.78 is 31.4. The van der Waals surface area contributed by atoms with Gasteiger partial charge in [-0.3, -0.25) is 4.31 Å². The quantitative estimate of drug-likeness (QED) is 0.845. The van der Waals surface area contributed by atoms with Gasteiger partial charge < -0.3 is 9.84 Å². The molecule has 25 heavy (non-hydrogen) atoms. The molecule has 7 heteroatoms. The molecule has 1 aliphatic rings. The van der Waals surface area contributed by atoms with Gasteiger partial charge in [-0.1, -0.05) is 48.5 Å². The number of sulfonamides is 1. The van der Waals surface area contributed by atoms with Crippen molar-refractivity contribution in [2.75, 3.05) is 17.5 Å². The lowest BCUT2D eigenvalue weighted by molar-refractivity contribution is 0.165. The number of aliphatic hydroxyl groups is 1. The molecule has 0 bridgehead atoms. The standard InChI is InChI=1S/C18H19NO5S/c20-12-15-10-16-8-4-5-9-17(16)19(11-15)25(22,23)18(21)24-13-14-6-2-1-3-7-14/h1-9,15,20H,10-13H2/t15-/m1/s1. The molecule has 3 rings (SSSR count). The summed E-state index contributed by atoms with van der Waals surface area (Å²) in [5, 5.41) is 8.17. The molecule has 0 unspecified atom stereocenters. The molecule has 1 aliphatic heterocycles. The Kier molecular flexibility index (Phi) is 5.06. The van der Waals surface area contributed by atoms with Crippen molar-refractivity contribution < 1.29 is 23.1 Å². The molecule has 0 fully saturated rings. The number of carbonyl (C=O) groups is 1. The number of para-hydroxylation sites is 1. The fraction of sp³-hybridized carbons (Fsp3) is 0.278. The highest BCUT2D eigenvalue weighted by Gasteiger charge is 2.37. The molecular formula is C18H19NO5S. The third-order valence-corrected chi connectivity index (χ3v) is 5.62. The zero-order valence-corrected chi connectivity index (χ0v) is 14.4. The van der Waals surface area contributed by atoms with Crippen LogP contribution in [0.2, 0.25) is 0 Å². The second kappa shape index (κ2) is 7.25. The zero-order valence-electron chi connectivity index (χ0n) is 13.5. The Morgan fingerprint density at radius 3 is 2.52 bits per heavy atom. The van der Waals surface area contributed by atoms with Crippen LogP contribution in [0, 0.1) is 5.92 Å². The van der Waals surface area contributed by atoms with Gasteiger partial charge in [0.15, 0.2) is 0 Å². The highest BCUT2D eigenvalue weighted by molar-refractivity contribution is 8.06. The van der Waals surface area contributed by atoms with Crippen molar-refractivity contribution in [2.45, 2.75) is 13.0 Å². The van der Waals surface area contributed by atoms with Crippen molar-refractivity contribution in [3.05, 3.63) is 65.7 Å². The second-order valence-corrected chi connectivity index (χ2v) is 7.67. The lowest BCUT2D eigenvalue weighted by Gasteiger charge is -2.33. The predicted octanol–water partition coefficient (Wildman–Crippen LogP) is 2.32. The normalized spacial score (nSPS) is 17.0. The average Bonchev–Trinajstić information content (AvgIpc) is 2.65. The number of carbonyl (C=O) groups excluding carboxylic acids is 1. The summed E-state index contributed by atoms with van der Waals surface area (Å²) in [6, 6.07) is 15.9. The van der Waals surface area contributed by atoms with Gasteiger partial charge in [0.1, 0.15) is 6.61 Å². The van der Waals surface area contributed by atoms with Crippen molar-refractivity contribution in [1.82, 2.24) is 0 Å². The minimum absolute atomic E-state index is 0.0519. The van der Waals surface area contributed by atoms with Gasteiger partial charge in [0.2, 0.25) is 0 Å². The number of rotatable bonds is 4. The molecule has 6 nitrogen and oxygen atoms in total. The molecular weight excluding hydrogens is 342 g/mol. The fourth-order valence-electron chi connectivity index (χ4n) is 2.87. The third kappa shape index (κ3) is 3.67. The average molecular weight is 361 g/mol. The molecule has 2 aromatic rings. The summed E-state index contributed by atoms with van der Waals surface area (Å²) in [7, 11) is -4.33. The molecule has 0 spiro atoms. The molecule has 0 saturated carbocycles. The van der Waals surface area contributed by atoms with Gasteiger partial charge in [0.05, 0.1) is 5.69 Å². The van der Waals surface area contributed by atoms with E-state index < -0.39 is 15.3 Å². The number of fused-ring (bicyclic) bond motifs is 1. The number of anilines is 1. The minimum Gasteiger partial charge on any atom is -0.448 e. The van der Waals surface area contributed by atoms with Gasteiger partial charge >= 0.3 is 15.3 Å². The lowest BCUT2D eigenvalue weighted by atomic mass is 9.95. The minimum atomic E-state index is -4.33. The fourth-order valence-corrected chi connectivity index (χ4v) is 4.10. The van der Waals surface area contributed by atoms with Gasteiger partial charge in [0, 0.05) is 19.1 Å². The van der Waals surface area contributed by atoms with Crippen LogP contribution in [0.4, 0.5) is 10.5 Å². The Morgan fingerprint density at radius 2 is 1.80 bits per heavy atom. The Hall–Kier alpha value is -2.38. The summed E-state index contributed by atoms with van der Waals surface area (Å²) in [4.78, 5) is 12.2. The van der Waals surface area contributed by atoms with E-state index in [1.54, 1.807) is 48.5 Å². The van der Waals surface area contributed by atoms with Gasteiger partial charge in [-0.05, 0) is 23.6 Å². The number of hydrogen-bond acceptors (Lipinski definition) is 5. The molecule has 0 aliphatic carbocycles. The molecule has 1 atom stereocenters. The summed E-state index contributed by atoms with van der Waals surface area (Å²) >= 11 is 0. The summed E-state index contributed by atoms with van der Waals surface area (Å²) in [6.45, 7) is -0.215. The summed E-state index contributed by atoms with van der Waals surface area (Å²) in [5.74, 6) is -0.258. The lowest BCUT2D eigenvalue weighted by Crippen LogP contribution is -2.44. The molecule has 1 heterocycles. The SMILES string of the molecule is O=C(OCc1ccccc1)S(=O)(=O)N1C[C@H](CO)Cc2ccccc21. The van der Waals surface area contributed by atoms with E-state index in [-0.39, 0.29) is 25.7 Å². The van der Waals surface area contributed by atoms with Gasteiger partial charge in [-0.15, -0.1) is 0 Å². The van der Waals surface area contributed by atoms with E-state index in [4.69, 9.17) is 4.74 Å². The number of aliphatic hydroxyl groups excluding tert-OH is 1. The predicted molar refractivity (Wildman–Crippen MR) is 93.6 cm³/mol. The van der Waals surface area contributed by atoms with E-state index in [0.29, 0.717) is 17.7 Å². The van der Waals surface area contributed by atoms with E-state index in [1.807, 2.05) is 6.07 Å². The topological polar surface area (TPSA) is 83.9 Å². The number of hydrogen-bond donors (Lipinski definition) is 1. The van der Waals surface area contributed by atoms with Crippen LogP contribution in [-0.2, 0) is 27.8 Å². The first kappa shape index (κ1) is 17.4. The molecule has 0 amide bonds. The first-order chi connectivity index (χ1) is 12.0.